The van der Waals surface area contributed by atoms with Crippen molar-refractivity contribution in [1.29, 1.82) is 0 Å². The molecule has 2 aromatic rings. The molecule has 3 rings (SSSR count). The Morgan fingerprint density at radius 2 is 1.55 bits per heavy atom. The average Bonchev–Trinajstić information content (AvgIpc) is 3.10. The van der Waals surface area contributed by atoms with Gasteiger partial charge in [0.15, 0.2) is 0 Å². The van der Waals surface area contributed by atoms with Crippen LogP contribution in [0.15, 0.2) is 66.7 Å². The summed E-state index contributed by atoms with van der Waals surface area (Å²) in [5, 5.41) is 14.6. The molecule has 0 bridgehead atoms. The number of nitrogens with one attached hydrogen (secondary N) is 2. The predicted octanol–water partition coefficient (Wildman–Crippen LogP) is 1.16. The summed E-state index contributed by atoms with van der Waals surface area (Å²) in [6.45, 7) is -0.155. The van der Waals surface area contributed by atoms with Crippen molar-refractivity contribution < 1.29 is 24.3 Å². The zero-order valence-electron chi connectivity index (χ0n) is 16.8. The third-order valence-electron chi connectivity index (χ3n) is 4.80. The molecule has 2 aromatic carbocycles. The summed E-state index contributed by atoms with van der Waals surface area (Å²) in [7, 11) is 0. The van der Waals surface area contributed by atoms with Crippen molar-refractivity contribution in [1.82, 2.24) is 10.2 Å². The molecule has 8 nitrogen and oxygen atoms in total. The average molecular weight is 421 g/mol. The lowest BCUT2D eigenvalue weighted by Gasteiger charge is -2.20. The van der Waals surface area contributed by atoms with Crippen LogP contribution in [0.25, 0.3) is 0 Å². The van der Waals surface area contributed by atoms with Crippen LogP contribution in [0.3, 0.4) is 0 Å². The molecule has 1 aliphatic rings. The molecular formula is C23H23N3O5. The molecular weight excluding hydrogens is 398 g/mol. The van der Waals surface area contributed by atoms with E-state index in [4.69, 9.17) is 5.11 Å². The Labute approximate surface area is 179 Å². The molecule has 3 N–H and O–H groups in total. The second-order valence-electron chi connectivity index (χ2n) is 7.07. The van der Waals surface area contributed by atoms with E-state index in [1.54, 1.807) is 24.3 Å². The number of hydrogen-bond acceptors (Lipinski definition) is 5. The third-order valence-corrected chi connectivity index (χ3v) is 4.80. The summed E-state index contributed by atoms with van der Waals surface area (Å²) in [5.41, 5.74) is 2.12. The van der Waals surface area contributed by atoms with Crippen LogP contribution >= 0.6 is 0 Å². The van der Waals surface area contributed by atoms with Gasteiger partial charge in [-0.3, -0.25) is 24.1 Å². The Balaban J connectivity index is 1.64. The number of aliphatic hydroxyl groups is 1. The number of carbonyl (C=O) groups excluding carboxylic acids is 4. The number of anilines is 1. The molecule has 0 radical (unpaired) electrons. The van der Waals surface area contributed by atoms with E-state index in [1.165, 1.54) is 0 Å². The standard InChI is InChI=1S/C23H23N3O5/c27-15-17-6-8-18(9-7-17)24-23(31)19(14-16-4-2-1-3-5-16)25-20(28)12-13-26-21(29)10-11-22(26)30/h1-11,19,27H,12-15H2,(H,24,31)(H,25,28). The largest absolute Gasteiger partial charge is 0.392 e. The Kier molecular flexibility index (Phi) is 7.29. The maximum absolute atomic E-state index is 12.9. The van der Waals surface area contributed by atoms with E-state index >= 15 is 0 Å². The summed E-state index contributed by atoms with van der Waals surface area (Å²) >= 11 is 0. The summed E-state index contributed by atoms with van der Waals surface area (Å²) in [5.74, 6) is -1.76. The monoisotopic (exact) mass is 421 g/mol. The highest BCUT2D eigenvalue weighted by Crippen LogP contribution is 2.12. The Morgan fingerprint density at radius 3 is 2.16 bits per heavy atom. The van der Waals surface area contributed by atoms with Crippen LogP contribution < -0.4 is 10.6 Å². The highest BCUT2D eigenvalue weighted by atomic mass is 16.3. The fourth-order valence-electron chi connectivity index (χ4n) is 3.11. The zero-order valence-corrected chi connectivity index (χ0v) is 16.8. The molecule has 1 heterocycles. The van der Waals surface area contributed by atoms with Crippen molar-refractivity contribution in [2.75, 3.05) is 11.9 Å². The molecule has 0 aliphatic carbocycles. The van der Waals surface area contributed by atoms with Crippen molar-refractivity contribution in [2.45, 2.75) is 25.5 Å². The number of benzene rings is 2. The van der Waals surface area contributed by atoms with E-state index in [-0.39, 0.29) is 26.0 Å². The van der Waals surface area contributed by atoms with E-state index < -0.39 is 29.7 Å². The maximum atomic E-state index is 12.9. The second-order valence-corrected chi connectivity index (χ2v) is 7.07. The van der Waals surface area contributed by atoms with Crippen molar-refractivity contribution >= 4 is 29.3 Å². The van der Waals surface area contributed by atoms with Crippen LogP contribution in [0.5, 0.6) is 0 Å². The molecule has 0 aromatic heterocycles. The molecule has 1 aliphatic heterocycles. The quantitative estimate of drug-likeness (QED) is 0.526. The fourth-order valence-corrected chi connectivity index (χ4v) is 3.11. The van der Waals surface area contributed by atoms with Gasteiger partial charge < -0.3 is 15.7 Å². The van der Waals surface area contributed by atoms with Crippen LogP contribution in [0.1, 0.15) is 17.5 Å². The van der Waals surface area contributed by atoms with E-state index in [0.717, 1.165) is 22.6 Å². The zero-order chi connectivity index (χ0) is 22.2. The summed E-state index contributed by atoms with van der Waals surface area (Å²) in [6.07, 6.45) is 2.49. The molecule has 1 unspecified atom stereocenters. The minimum absolute atomic E-state index is 0.0567. The fraction of sp³-hybridized carbons (Fsp3) is 0.217. The first-order valence-electron chi connectivity index (χ1n) is 9.84. The van der Waals surface area contributed by atoms with E-state index in [1.807, 2.05) is 30.3 Å². The minimum atomic E-state index is -0.851. The summed E-state index contributed by atoms with van der Waals surface area (Å²) in [6, 6.07) is 15.1. The Bertz CT molecular complexity index is 968. The van der Waals surface area contributed by atoms with Crippen molar-refractivity contribution in [2.24, 2.45) is 0 Å². The van der Waals surface area contributed by atoms with Crippen LogP contribution in [-0.2, 0) is 32.2 Å². The first-order chi connectivity index (χ1) is 15.0. The number of hydrogen-bond donors (Lipinski definition) is 3. The number of nitrogens with zero attached hydrogens (tertiary/aromatic N) is 1. The van der Waals surface area contributed by atoms with E-state index in [9.17, 15) is 19.2 Å². The van der Waals surface area contributed by atoms with Crippen molar-refractivity contribution in [3.05, 3.63) is 77.9 Å². The van der Waals surface area contributed by atoms with Gasteiger partial charge in [-0.05, 0) is 23.3 Å². The molecule has 0 saturated heterocycles. The van der Waals surface area contributed by atoms with Gasteiger partial charge in [0.2, 0.25) is 11.8 Å². The number of imide groups is 1. The van der Waals surface area contributed by atoms with Crippen LogP contribution in [0.4, 0.5) is 5.69 Å². The van der Waals surface area contributed by atoms with Gasteiger partial charge in [-0.1, -0.05) is 42.5 Å². The van der Waals surface area contributed by atoms with Gasteiger partial charge in [0, 0.05) is 37.2 Å². The van der Waals surface area contributed by atoms with Gasteiger partial charge in [-0.2, -0.15) is 0 Å². The lowest BCUT2D eigenvalue weighted by Crippen LogP contribution is -2.46. The van der Waals surface area contributed by atoms with Gasteiger partial charge in [-0.15, -0.1) is 0 Å². The highest BCUT2D eigenvalue weighted by molar-refractivity contribution is 6.13. The Hall–Kier alpha value is -3.78. The van der Waals surface area contributed by atoms with Gasteiger partial charge in [0.05, 0.1) is 6.61 Å². The molecule has 160 valence electrons. The SMILES string of the molecule is O=C(CCN1C(=O)C=CC1=O)NC(Cc1ccccc1)C(=O)Nc1ccc(CO)cc1. The number of rotatable bonds is 9. The first kappa shape index (κ1) is 21.9. The number of carbonyl (C=O) groups is 4. The molecule has 4 amide bonds. The van der Waals surface area contributed by atoms with Crippen LogP contribution in [0.2, 0.25) is 0 Å². The highest BCUT2D eigenvalue weighted by Gasteiger charge is 2.25. The predicted molar refractivity (Wildman–Crippen MR) is 114 cm³/mol. The second kappa shape index (κ2) is 10.3. The van der Waals surface area contributed by atoms with Crippen LogP contribution in [-0.4, -0.2) is 46.2 Å². The summed E-state index contributed by atoms with van der Waals surface area (Å²) in [4.78, 5) is 49.6. The van der Waals surface area contributed by atoms with Crippen molar-refractivity contribution in [3.8, 4) is 0 Å². The Morgan fingerprint density at radius 1 is 0.903 bits per heavy atom. The van der Waals surface area contributed by atoms with E-state index in [0.29, 0.717) is 11.3 Å². The number of amides is 4. The van der Waals surface area contributed by atoms with Gasteiger partial charge in [0.1, 0.15) is 6.04 Å². The topological polar surface area (TPSA) is 116 Å². The van der Waals surface area contributed by atoms with Gasteiger partial charge >= 0.3 is 0 Å². The van der Waals surface area contributed by atoms with Gasteiger partial charge in [0.25, 0.3) is 11.8 Å². The molecule has 1 atom stereocenters. The lowest BCUT2D eigenvalue weighted by molar-refractivity contribution is -0.137. The number of aliphatic hydroxyl groups excluding tert-OH is 1. The first-order valence-corrected chi connectivity index (χ1v) is 9.84. The normalized spacial score (nSPS) is 13.9. The molecule has 31 heavy (non-hydrogen) atoms. The van der Waals surface area contributed by atoms with Gasteiger partial charge in [-0.25, -0.2) is 0 Å². The minimum Gasteiger partial charge on any atom is -0.392 e. The van der Waals surface area contributed by atoms with Crippen LogP contribution in [0, 0.1) is 0 Å². The molecule has 0 spiro atoms. The van der Waals surface area contributed by atoms with E-state index in [2.05, 4.69) is 10.6 Å². The molecule has 0 saturated carbocycles. The smallest absolute Gasteiger partial charge is 0.253 e. The maximum Gasteiger partial charge on any atom is 0.253 e. The summed E-state index contributed by atoms with van der Waals surface area (Å²) < 4.78 is 0. The molecule has 0 fully saturated rings. The third kappa shape index (κ3) is 6.10. The molecule has 8 heteroatoms. The van der Waals surface area contributed by atoms with Crippen molar-refractivity contribution in [3.63, 3.8) is 0 Å². The lowest BCUT2D eigenvalue weighted by atomic mass is 10.0.